The van der Waals surface area contributed by atoms with E-state index in [9.17, 15) is 24.6 Å². The zero-order chi connectivity index (χ0) is 26.9. The molecule has 0 saturated carbocycles. The Morgan fingerprint density at radius 1 is 1.08 bits per heavy atom. The molecule has 2 rings (SSSR count). The van der Waals surface area contributed by atoms with Crippen molar-refractivity contribution in [3.63, 3.8) is 0 Å². The standard InChI is InChI=1S/C16H24N6O5.C7H7S.Ni/c17-15(18)20-7-1-2-11(14(25)26)21-13(24)12(22-16(19)27)8-9-3-5-10(23)6-4-9;1-8-7-5-3-2-4-6-7;/h3-6,11-12,15,20,23H,1-2,7-8,17-18H2,(H,21,24)(H,22,27)(H,25,26);3-6H,1H3;/q;-1;. The number of nitrogens with two attached hydrogens (primary N) is 2. The van der Waals surface area contributed by atoms with Gasteiger partial charge in [0.05, 0.1) is 0 Å². The molecular formula is C23H31N6NiO5S-. The second kappa shape index (κ2) is 17.6. The van der Waals surface area contributed by atoms with Crippen molar-refractivity contribution in [3.05, 3.63) is 60.2 Å². The van der Waals surface area contributed by atoms with Crippen LogP contribution in [0, 0.1) is 6.07 Å². The number of aliphatic carboxylic acids is 1. The molecule has 0 aliphatic carbocycles. The summed E-state index contributed by atoms with van der Waals surface area (Å²) in [6.07, 6.45) is 1.94. The van der Waals surface area contributed by atoms with Crippen LogP contribution >= 0.6 is 11.8 Å². The molecule has 9 N–H and O–H groups in total. The van der Waals surface area contributed by atoms with Gasteiger partial charge in [-0.25, -0.2) is 0 Å². The maximum atomic E-state index is 12.6. The molecule has 0 radical (unpaired) electrons. The number of benzene rings is 2. The first kappa shape index (κ1) is 31.2. The minimum atomic E-state index is -1.21. The van der Waals surface area contributed by atoms with Crippen LogP contribution in [0.1, 0.15) is 18.4 Å². The first-order chi connectivity index (χ1) is 17.2. The van der Waals surface area contributed by atoms with Crippen molar-refractivity contribution >= 4 is 29.7 Å². The van der Waals surface area contributed by atoms with Crippen LogP contribution in [0.5, 0.6) is 5.75 Å². The Hall–Kier alpha value is -2.83. The molecule has 0 fully saturated rings. The summed E-state index contributed by atoms with van der Waals surface area (Å²) in [7, 11) is 0. The molecule has 0 saturated heterocycles. The van der Waals surface area contributed by atoms with Crippen molar-refractivity contribution in [2.45, 2.75) is 42.5 Å². The number of hydrogen-bond donors (Lipinski definition) is 7. The summed E-state index contributed by atoms with van der Waals surface area (Å²) in [5.41, 5.74) is 11.3. The molecule has 200 valence electrons. The predicted molar refractivity (Wildman–Crippen MR) is 133 cm³/mol. The van der Waals surface area contributed by atoms with Gasteiger partial charge in [-0.1, -0.05) is 0 Å². The molecule has 0 spiro atoms. The van der Waals surface area contributed by atoms with Crippen LogP contribution in [-0.2, 0) is 31.3 Å². The quantitative estimate of drug-likeness (QED) is 0.0652. The normalized spacial score (nSPS) is 12.1. The molecule has 3 amide bonds. The Kier molecular flexibility index (Phi) is 15.2. The molecular weight excluding hydrogens is 531 g/mol. The van der Waals surface area contributed by atoms with Gasteiger partial charge in [-0.15, -0.1) is 4.90 Å². The minimum absolute atomic E-state index is 0.0490. The second-order valence-electron chi connectivity index (χ2n) is 7.40. The summed E-state index contributed by atoms with van der Waals surface area (Å²) in [6.45, 7) is 0.376. The molecule has 2 unspecified atom stereocenters. The van der Waals surface area contributed by atoms with Gasteiger partial charge in [0.25, 0.3) is 0 Å². The van der Waals surface area contributed by atoms with Crippen LogP contribution in [0.2, 0.25) is 0 Å². The van der Waals surface area contributed by atoms with Gasteiger partial charge < -0.3 is 11.5 Å². The fraction of sp³-hybridized carbons (Fsp3) is 0.348. The molecule has 0 aliphatic heterocycles. The van der Waals surface area contributed by atoms with Crippen molar-refractivity contribution in [2.24, 2.45) is 15.5 Å². The Morgan fingerprint density at radius 3 is 2.22 bits per heavy atom. The first-order valence-electron chi connectivity index (χ1n) is 10.8. The molecule has 2 atom stereocenters. The van der Waals surface area contributed by atoms with Crippen molar-refractivity contribution in [2.75, 3.05) is 12.8 Å². The number of rotatable bonds is 12. The van der Waals surface area contributed by atoms with Gasteiger partial charge in [-0.3, -0.25) is 0 Å². The monoisotopic (exact) mass is 561 g/mol. The fourth-order valence-corrected chi connectivity index (χ4v) is 3.33. The number of hydrogen-bond acceptors (Lipinski definition) is 8. The third-order valence-corrected chi connectivity index (χ3v) is 5.59. The number of carbonyl (C=O) groups is 3. The van der Waals surface area contributed by atoms with Crippen LogP contribution in [0.25, 0.3) is 0 Å². The molecule has 0 aromatic heterocycles. The SMILES string of the molecule is CSc1cc[c-]cc1.NC(N)NCCCC(NC(=O)C(Cc1ccc(O)cc1)NC(=O)[N]=[Ni])C(=O)O. The second-order valence-corrected chi connectivity index (χ2v) is 8.51. The summed E-state index contributed by atoms with van der Waals surface area (Å²) in [5.74, 6) is -1.86. The Balaban J connectivity index is 0.000000681. The third-order valence-electron chi connectivity index (χ3n) is 4.64. The topological polar surface area (TPSA) is 192 Å². The number of phenolic OH excluding ortho intramolecular Hbond substituents is 1. The van der Waals surface area contributed by atoms with Crippen molar-refractivity contribution in [1.29, 1.82) is 0 Å². The van der Waals surface area contributed by atoms with Gasteiger partial charge in [0.1, 0.15) is 0 Å². The van der Waals surface area contributed by atoms with E-state index in [1.165, 1.54) is 17.0 Å². The van der Waals surface area contributed by atoms with Gasteiger partial charge >= 0.3 is 158 Å². The third kappa shape index (κ3) is 13.3. The molecule has 13 heteroatoms. The van der Waals surface area contributed by atoms with E-state index >= 15 is 0 Å². The summed E-state index contributed by atoms with van der Waals surface area (Å²) in [6, 6.07) is 13.8. The number of carboxylic acids is 1. The molecule has 2 aromatic carbocycles. The van der Waals surface area contributed by atoms with Crippen molar-refractivity contribution < 1.29 is 39.9 Å². The van der Waals surface area contributed by atoms with Crippen molar-refractivity contribution in [1.82, 2.24) is 16.0 Å². The number of carbonyl (C=O) groups excluding carboxylic acids is 2. The van der Waals surface area contributed by atoms with Crippen LogP contribution in [0.15, 0.2) is 57.5 Å². The van der Waals surface area contributed by atoms with E-state index in [0.29, 0.717) is 18.5 Å². The summed E-state index contributed by atoms with van der Waals surface area (Å²) >= 11 is 5.75. The number of nitrogens with one attached hydrogen (secondary N) is 3. The Bertz CT molecular complexity index is 965. The van der Waals surface area contributed by atoms with E-state index in [0.717, 1.165) is 0 Å². The molecule has 2 aromatic rings. The van der Waals surface area contributed by atoms with E-state index in [4.69, 9.17) is 11.5 Å². The van der Waals surface area contributed by atoms with Crippen molar-refractivity contribution in [3.8, 4) is 5.75 Å². The number of nitrogens with zero attached hydrogens (tertiary/aromatic N) is 1. The average molecular weight is 562 g/mol. The van der Waals surface area contributed by atoms with E-state index in [1.54, 1.807) is 23.9 Å². The maximum absolute atomic E-state index is 12.6. The summed E-state index contributed by atoms with van der Waals surface area (Å²) < 4.78 is 3.06. The van der Waals surface area contributed by atoms with Gasteiger partial charge in [0, 0.05) is 0 Å². The number of phenols is 1. The van der Waals surface area contributed by atoms with Gasteiger partial charge in [-0.2, -0.15) is 42.1 Å². The zero-order valence-electron chi connectivity index (χ0n) is 19.6. The van der Waals surface area contributed by atoms with Crippen LogP contribution in [0.4, 0.5) is 4.79 Å². The molecule has 0 heterocycles. The first-order valence-corrected chi connectivity index (χ1v) is 12.5. The van der Waals surface area contributed by atoms with Gasteiger partial charge in [-0.05, 0) is 6.26 Å². The number of thioether (sulfide) groups is 1. The van der Waals surface area contributed by atoms with Gasteiger partial charge in [0.15, 0.2) is 0 Å². The number of carboxylic acid groups (broad SMARTS) is 1. The zero-order valence-corrected chi connectivity index (χ0v) is 21.4. The predicted octanol–water partition coefficient (Wildman–Crippen LogP) is 1.09. The molecule has 0 aliphatic rings. The summed E-state index contributed by atoms with van der Waals surface area (Å²) in [4.78, 5) is 36.8. The van der Waals surface area contributed by atoms with Gasteiger partial charge in [0.2, 0.25) is 0 Å². The fourth-order valence-electron chi connectivity index (χ4n) is 2.86. The average Bonchev–Trinajstić information content (AvgIpc) is 2.87. The molecule has 11 nitrogen and oxygen atoms in total. The van der Waals surface area contributed by atoms with Crippen LogP contribution in [-0.4, -0.2) is 59.3 Å². The van der Waals surface area contributed by atoms with E-state index in [1.807, 2.05) is 24.3 Å². The number of amides is 3. The number of urea groups is 1. The molecule has 0 bridgehead atoms. The van der Waals surface area contributed by atoms with E-state index < -0.39 is 36.3 Å². The van der Waals surface area contributed by atoms with Crippen LogP contribution in [0.3, 0.4) is 0 Å². The molecule has 36 heavy (non-hydrogen) atoms. The van der Waals surface area contributed by atoms with E-state index in [-0.39, 0.29) is 18.6 Å². The Morgan fingerprint density at radius 2 is 1.72 bits per heavy atom. The number of aromatic hydroxyl groups is 1. The summed E-state index contributed by atoms with van der Waals surface area (Å²) in [5, 5.41) is 26.1. The van der Waals surface area contributed by atoms with E-state index in [2.05, 4.69) is 47.6 Å². The van der Waals surface area contributed by atoms with Crippen LogP contribution < -0.4 is 27.4 Å². The Labute approximate surface area is 221 Å².